The summed E-state index contributed by atoms with van der Waals surface area (Å²) in [5.41, 5.74) is 3.82. The van der Waals surface area contributed by atoms with E-state index in [0.29, 0.717) is 11.7 Å². The van der Waals surface area contributed by atoms with Crippen molar-refractivity contribution >= 4 is 21.8 Å². The number of aromatic nitrogens is 4. The topological polar surface area (TPSA) is 76.8 Å². The number of aryl methyl sites for hydroxylation is 2. The highest BCUT2D eigenvalue weighted by Crippen LogP contribution is 2.37. The van der Waals surface area contributed by atoms with E-state index in [2.05, 4.69) is 27.0 Å². The molecule has 4 rings (SSSR count). The van der Waals surface area contributed by atoms with Crippen molar-refractivity contribution in [3.05, 3.63) is 35.8 Å². The number of rotatable bonds is 4. The maximum Gasteiger partial charge on any atom is 0.276 e. The summed E-state index contributed by atoms with van der Waals surface area (Å²) in [7, 11) is 1.69. The Labute approximate surface area is 138 Å². The molecule has 3 aromatic heterocycles. The zero-order chi connectivity index (χ0) is 16.7. The first-order valence-electron chi connectivity index (χ1n) is 8.06. The Bertz CT molecular complexity index is 1030. The summed E-state index contributed by atoms with van der Waals surface area (Å²) in [6, 6.07) is 5.98. The van der Waals surface area contributed by atoms with Crippen molar-refractivity contribution in [2.24, 2.45) is 0 Å². The van der Waals surface area contributed by atoms with Gasteiger partial charge in [-0.05, 0) is 24.1 Å². The molecule has 0 unspecified atom stereocenters. The van der Waals surface area contributed by atoms with Gasteiger partial charge >= 0.3 is 0 Å². The molecule has 0 bridgehead atoms. The molecule has 0 aliphatic rings. The molecule has 0 saturated carbocycles. The van der Waals surface area contributed by atoms with E-state index in [1.54, 1.807) is 7.11 Å². The van der Waals surface area contributed by atoms with E-state index in [0.717, 1.165) is 51.7 Å². The zero-order valence-corrected chi connectivity index (χ0v) is 13.9. The zero-order valence-electron chi connectivity index (χ0n) is 13.9. The third-order valence-electron chi connectivity index (χ3n) is 4.29. The molecule has 24 heavy (non-hydrogen) atoms. The highest BCUT2D eigenvalue weighted by molar-refractivity contribution is 6.12. The van der Waals surface area contributed by atoms with Crippen LogP contribution in [0.5, 0.6) is 5.75 Å². The minimum absolute atomic E-state index is 0.467. The van der Waals surface area contributed by atoms with Crippen LogP contribution in [0.1, 0.15) is 25.2 Å². The van der Waals surface area contributed by atoms with Crippen LogP contribution in [-0.2, 0) is 12.8 Å². The van der Waals surface area contributed by atoms with Crippen molar-refractivity contribution in [2.45, 2.75) is 26.7 Å². The largest absolute Gasteiger partial charge is 0.496 e. The number of aromatic amines is 1. The molecule has 0 aliphatic heterocycles. The lowest BCUT2D eigenvalue weighted by Crippen LogP contribution is -1.94. The lowest BCUT2D eigenvalue weighted by molar-refractivity contribution is 0.420. The van der Waals surface area contributed by atoms with Gasteiger partial charge in [-0.1, -0.05) is 25.1 Å². The monoisotopic (exact) mass is 322 g/mol. The number of H-pyrrole nitrogens is 1. The van der Waals surface area contributed by atoms with E-state index < -0.39 is 0 Å². The molecular formula is C18H18N4O2. The highest BCUT2D eigenvalue weighted by Gasteiger charge is 2.20. The van der Waals surface area contributed by atoms with Crippen LogP contribution in [0.25, 0.3) is 33.4 Å². The Kier molecular flexibility index (Phi) is 3.45. The molecule has 1 N–H and O–H groups in total. The second-order valence-corrected chi connectivity index (χ2v) is 5.60. The molecule has 0 saturated heterocycles. The van der Waals surface area contributed by atoms with E-state index in [1.165, 1.54) is 0 Å². The van der Waals surface area contributed by atoms with Gasteiger partial charge in [-0.2, -0.15) is 4.98 Å². The van der Waals surface area contributed by atoms with Gasteiger partial charge in [-0.15, -0.1) is 0 Å². The summed E-state index contributed by atoms with van der Waals surface area (Å²) in [5, 5.41) is 6.16. The third kappa shape index (κ3) is 2.06. The first-order valence-corrected chi connectivity index (χ1v) is 8.06. The van der Waals surface area contributed by atoms with Crippen molar-refractivity contribution in [1.82, 2.24) is 20.1 Å². The summed E-state index contributed by atoms with van der Waals surface area (Å²) < 4.78 is 11.0. The Morgan fingerprint density at radius 1 is 1.12 bits per heavy atom. The normalized spacial score (nSPS) is 11.5. The second-order valence-electron chi connectivity index (χ2n) is 5.60. The van der Waals surface area contributed by atoms with Gasteiger partial charge in [0.05, 0.1) is 24.3 Å². The molecule has 122 valence electrons. The minimum Gasteiger partial charge on any atom is -0.496 e. The van der Waals surface area contributed by atoms with Crippen molar-refractivity contribution in [1.29, 1.82) is 0 Å². The molecule has 6 heteroatoms. The van der Waals surface area contributed by atoms with Crippen LogP contribution in [0.15, 0.2) is 28.9 Å². The molecule has 0 aliphatic carbocycles. The van der Waals surface area contributed by atoms with Crippen LogP contribution in [0, 0.1) is 0 Å². The van der Waals surface area contributed by atoms with Crippen molar-refractivity contribution in [3.8, 4) is 17.3 Å². The lowest BCUT2D eigenvalue weighted by Gasteiger charge is -2.07. The van der Waals surface area contributed by atoms with Crippen LogP contribution in [-0.4, -0.2) is 27.2 Å². The van der Waals surface area contributed by atoms with Crippen LogP contribution >= 0.6 is 0 Å². The van der Waals surface area contributed by atoms with E-state index in [1.807, 2.05) is 31.3 Å². The fourth-order valence-electron chi connectivity index (χ4n) is 3.16. The Morgan fingerprint density at radius 3 is 2.71 bits per heavy atom. The molecule has 0 atom stereocenters. The van der Waals surface area contributed by atoms with Crippen molar-refractivity contribution in [3.63, 3.8) is 0 Å². The summed E-state index contributed by atoms with van der Waals surface area (Å²) >= 11 is 0. The fourth-order valence-corrected chi connectivity index (χ4v) is 3.16. The van der Waals surface area contributed by atoms with Crippen molar-refractivity contribution < 1.29 is 9.26 Å². The molecule has 4 aromatic rings. The number of nitrogens with one attached hydrogen (secondary N) is 1. The number of hydrogen-bond donors (Lipinski definition) is 1. The van der Waals surface area contributed by atoms with Gasteiger partial charge in [-0.25, -0.2) is 4.98 Å². The average Bonchev–Trinajstić information content (AvgIpc) is 3.24. The fraction of sp³-hybridized carbons (Fsp3) is 0.278. The molecule has 0 amide bonds. The van der Waals surface area contributed by atoms with Crippen LogP contribution in [0.4, 0.5) is 0 Å². The first-order chi connectivity index (χ1) is 11.8. The van der Waals surface area contributed by atoms with Crippen LogP contribution < -0.4 is 4.74 Å². The molecule has 1 aromatic carbocycles. The maximum atomic E-state index is 5.57. The molecule has 6 nitrogen and oxygen atoms in total. The number of ether oxygens (including phenoxy) is 1. The summed E-state index contributed by atoms with van der Waals surface area (Å²) in [5.74, 6) is 1.99. The predicted octanol–water partition coefficient (Wildman–Crippen LogP) is 3.90. The molecule has 3 heterocycles. The van der Waals surface area contributed by atoms with Crippen LogP contribution in [0.2, 0.25) is 0 Å². The first kappa shape index (κ1) is 14.7. The van der Waals surface area contributed by atoms with Gasteiger partial charge in [0.2, 0.25) is 0 Å². The van der Waals surface area contributed by atoms with Gasteiger partial charge in [0.1, 0.15) is 11.4 Å². The lowest BCUT2D eigenvalue weighted by atomic mass is 10.0. The number of pyridine rings is 1. The quantitative estimate of drug-likeness (QED) is 0.616. The maximum absolute atomic E-state index is 5.57. The Balaban J connectivity index is 2.08. The Hall–Kier alpha value is -2.89. The van der Waals surface area contributed by atoms with Crippen LogP contribution in [0.3, 0.4) is 0 Å². The molecule has 0 fully saturated rings. The van der Waals surface area contributed by atoms with E-state index in [4.69, 9.17) is 9.26 Å². The number of hydrogen-bond acceptors (Lipinski definition) is 5. The third-order valence-corrected chi connectivity index (χ3v) is 4.29. The predicted molar refractivity (Wildman–Crippen MR) is 92.2 cm³/mol. The minimum atomic E-state index is 0.467. The number of nitrogens with zero attached hydrogens (tertiary/aromatic N) is 3. The Morgan fingerprint density at radius 2 is 2.00 bits per heavy atom. The highest BCUT2D eigenvalue weighted by atomic mass is 16.5. The smallest absolute Gasteiger partial charge is 0.276 e. The second kappa shape index (κ2) is 5.63. The van der Waals surface area contributed by atoms with E-state index >= 15 is 0 Å². The van der Waals surface area contributed by atoms with Crippen molar-refractivity contribution in [2.75, 3.05) is 7.11 Å². The summed E-state index contributed by atoms with van der Waals surface area (Å²) in [6.07, 6.45) is 3.35. The molecule has 0 spiro atoms. The van der Waals surface area contributed by atoms with E-state index in [-0.39, 0.29) is 0 Å². The van der Waals surface area contributed by atoms with Gasteiger partial charge < -0.3 is 14.2 Å². The van der Waals surface area contributed by atoms with Gasteiger partial charge in [0.25, 0.3) is 5.89 Å². The molecular weight excluding hydrogens is 304 g/mol. The summed E-state index contributed by atoms with van der Waals surface area (Å²) in [6.45, 7) is 4.10. The number of methoxy groups -OCH3 is 1. The number of benzene rings is 1. The van der Waals surface area contributed by atoms with Gasteiger partial charge in [-0.3, -0.25) is 0 Å². The standard InChI is InChI=1S/C18H18N4O2/c1-4-10-15-12(20-11-7-6-8-13(23-3)16(11)15)9-19-17(10)18-21-14(5-2)22-24-18/h6-9,20H,4-5H2,1-3H3. The van der Waals surface area contributed by atoms with Gasteiger partial charge in [0, 0.05) is 17.2 Å². The van der Waals surface area contributed by atoms with E-state index in [9.17, 15) is 0 Å². The van der Waals surface area contributed by atoms with Gasteiger partial charge in [0.15, 0.2) is 5.82 Å². The summed E-state index contributed by atoms with van der Waals surface area (Å²) in [4.78, 5) is 12.4. The number of fused-ring (bicyclic) bond motifs is 3. The molecule has 0 radical (unpaired) electrons. The SMILES string of the molecule is CCc1noc(-c2ncc3[nH]c4cccc(OC)c4c3c2CC)n1. The average molecular weight is 322 g/mol.